The Hall–Kier alpha value is -2.25. The summed E-state index contributed by atoms with van der Waals surface area (Å²) in [6.45, 7) is 4.28. The molecule has 2 rings (SSSR count). The number of carbonyl (C=O) groups excluding carboxylic acids is 1. The van der Waals surface area contributed by atoms with Gasteiger partial charge in [-0.15, -0.1) is 0 Å². The predicted octanol–water partition coefficient (Wildman–Crippen LogP) is 5.17. The van der Waals surface area contributed by atoms with Crippen molar-refractivity contribution in [3.8, 4) is 0 Å². The van der Waals surface area contributed by atoms with E-state index in [2.05, 4.69) is 23.3 Å². The average molecular weight is 450 g/mol. The fourth-order valence-corrected chi connectivity index (χ4v) is 4.61. The fourth-order valence-electron chi connectivity index (χ4n) is 3.35. The van der Waals surface area contributed by atoms with Crippen LogP contribution >= 0.6 is 0 Å². The lowest BCUT2D eigenvalue weighted by Gasteiger charge is -2.20. The number of aryl methyl sites for hydroxylation is 1. The van der Waals surface area contributed by atoms with Crippen LogP contribution in [-0.4, -0.2) is 21.5 Å². The third-order valence-electron chi connectivity index (χ3n) is 5.15. The van der Waals surface area contributed by atoms with Crippen LogP contribution in [0.25, 0.3) is 0 Å². The second-order valence-electron chi connectivity index (χ2n) is 8.12. The molecule has 0 aromatic heterocycles. The molecular formula is C24H32FNO4S. The van der Waals surface area contributed by atoms with Gasteiger partial charge in [0, 0.05) is 12.5 Å². The topological polar surface area (TPSA) is 72.5 Å². The Labute approximate surface area is 185 Å². The summed E-state index contributed by atoms with van der Waals surface area (Å²) in [7, 11) is -2.40. The second-order valence-corrected chi connectivity index (χ2v) is 9.84. The summed E-state index contributed by atoms with van der Waals surface area (Å²) in [6.07, 6.45) is 4.36. The molecule has 31 heavy (non-hydrogen) atoms. The van der Waals surface area contributed by atoms with Crippen LogP contribution in [0.1, 0.15) is 63.1 Å². The number of hydrogen-bond donors (Lipinski definition) is 1. The van der Waals surface area contributed by atoms with Gasteiger partial charge in [-0.05, 0) is 60.6 Å². The van der Waals surface area contributed by atoms with Gasteiger partial charge in [-0.1, -0.05) is 51.0 Å². The van der Waals surface area contributed by atoms with Crippen molar-refractivity contribution >= 4 is 16.0 Å². The maximum absolute atomic E-state index is 13.2. The van der Waals surface area contributed by atoms with Crippen molar-refractivity contribution in [2.45, 2.75) is 63.3 Å². The molecule has 5 nitrogen and oxygen atoms in total. The first kappa shape index (κ1) is 25.0. The largest absolute Gasteiger partial charge is 0.469 e. The van der Waals surface area contributed by atoms with Crippen LogP contribution in [-0.2, 0) is 26.0 Å². The number of carbonyl (C=O) groups is 1. The fraction of sp³-hybridized carbons (Fsp3) is 0.458. The zero-order valence-electron chi connectivity index (χ0n) is 18.4. The van der Waals surface area contributed by atoms with E-state index in [0.29, 0.717) is 25.2 Å². The monoisotopic (exact) mass is 449 g/mol. The Morgan fingerprint density at radius 3 is 2.23 bits per heavy atom. The highest BCUT2D eigenvalue weighted by atomic mass is 32.2. The van der Waals surface area contributed by atoms with E-state index in [4.69, 9.17) is 0 Å². The lowest BCUT2D eigenvalue weighted by Crippen LogP contribution is -2.29. The molecule has 2 aromatic rings. The van der Waals surface area contributed by atoms with Gasteiger partial charge in [0.25, 0.3) is 0 Å². The molecule has 0 bridgehead atoms. The Kier molecular flexibility index (Phi) is 9.65. The number of halogens is 1. The molecule has 0 amide bonds. The van der Waals surface area contributed by atoms with E-state index >= 15 is 0 Å². The molecule has 0 aliphatic carbocycles. The van der Waals surface area contributed by atoms with Crippen LogP contribution in [0.2, 0.25) is 0 Å². The van der Waals surface area contributed by atoms with Crippen molar-refractivity contribution in [3.63, 3.8) is 0 Å². The lowest BCUT2D eigenvalue weighted by atomic mass is 9.97. The van der Waals surface area contributed by atoms with Gasteiger partial charge in [0.15, 0.2) is 0 Å². The molecule has 1 atom stereocenters. The molecule has 1 unspecified atom stereocenters. The minimum atomic E-state index is -3.78. The number of benzene rings is 2. The van der Waals surface area contributed by atoms with Crippen LogP contribution < -0.4 is 4.72 Å². The normalized spacial score (nSPS) is 12.7. The number of methoxy groups -OCH3 is 1. The number of nitrogens with one attached hydrogen (secondary N) is 1. The van der Waals surface area contributed by atoms with Gasteiger partial charge < -0.3 is 4.74 Å². The van der Waals surface area contributed by atoms with Crippen LogP contribution in [0, 0.1) is 11.7 Å². The zero-order chi connectivity index (χ0) is 22.9. The number of sulfonamides is 1. The van der Waals surface area contributed by atoms with E-state index in [0.717, 1.165) is 42.5 Å². The summed E-state index contributed by atoms with van der Waals surface area (Å²) in [5, 5.41) is 0. The molecule has 7 heteroatoms. The Bertz CT molecular complexity index is 925. The van der Waals surface area contributed by atoms with Crippen molar-refractivity contribution in [2.24, 2.45) is 5.92 Å². The maximum Gasteiger partial charge on any atom is 0.305 e. The third kappa shape index (κ3) is 8.42. The third-order valence-corrected chi connectivity index (χ3v) is 6.64. The Morgan fingerprint density at radius 2 is 1.65 bits per heavy atom. The highest BCUT2D eigenvalue weighted by Crippen LogP contribution is 2.24. The van der Waals surface area contributed by atoms with Crippen molar-refractivity contribution in [1.29, 1.82) is 0 Å². The Balaban J connectivity index is 2.13. The van der Waals surface area contributed by atoms with Crippen molar-refractivity contribution in [1.82, 2.24) is 4.72 Å². The molecule has 0 aliphatic heterocycles. The molecule has 0 saturated heterocycles. The molecule has 0 spiro atoms. The van der Waals surface area contributed by atoms with Crippen molar-refractivity contribution in [3.05, 3.63) is 65.5 Å². The van der Waals surface area contributed by atoms with E-state index in [9.17, 15) is 17.6 Å². The smallest absolute Gasteiger partial charge is 0.305 e. The van der Waals surface area contributed by atoms with Crippen LogP contribution in [0.4, 0.5) is 4.39 Å². The van der Waals surface area contributed by atoms with E-state index in [1.807, 2.05) is 24.3 Å². The van der Waals surface area contributed by atoms with Crippen molar-refractivity contribution in [2.75, 3.05) is 7.11 Å². The van der Waals surface area contributed by atoms with Crippen LogP contribution in [0.15, 0.2) is 53.4 Å². The number of hydrogen-bond acceptors (Lipinski definition) is 4. The highest BCUT2D eigenvalue weighted by Gasteiger charge is 2.21. The molecular weight excluding hydrogens is 417 g/mol. The zero-order valence-corrected chi connectivity index (χ0v) is 19.3. The Morgan fingerprint density at radius 1 is 1.00 bits per heavy atom. The van der Waals surface area contributed by atoms with E-state index in [-0.39, 0.29) is 16.9 Å². The average Bonchev–Trinajstić information content (AvgIpc) is 2.73. The van der Waals surface area contributed by atoms with Gasteiger partial charge in [0.1, 0.15) is 5.82 Å². The number of ether oxygens (including phenoxy) is 1. The lowest BCUT2D eigenvalue weighted by molar-refractivity contribution is -0.140. The summed E-state index contributed by atoms with van der Waals surface area (Å²) >= 11 is 0. The summed E-state index contributed by atoms with van der Waals surface area (Å²) in [6, 6.07) is 12.2. The van der Waals surface area contributed by atoms with E-state index in [1.54, 1.807) is 0 Å². The summed E-state index contributed by atoms with van der Waals surface area (Å²) in [5.74, 6) is -0.168. The van der Waals surface area contributed by atoms with Crippen LogP contribution in [0.3, 0.4) is 0 Å². The second kappa shape index (κ2) is 12.0. The molecule has 1 N–H and O–H groups in total. The maximum atomic E-state index is 13.2. The molecule has 0 saturated carbocycles. The molecule has 170 valence electrons. The molecule has 2 aromatic carbocycles. The highest BCUT2D eigenvalue weighted by molar-refractivity contribution is 7.89. The van der Waals surface area contributed by atoms with E-state index < -0.39 is 15.8 Å². The first-order valence-corrected chi connectivity index (χ1v) is 12.1. The SMILES string of the molecule is COC(=O)CCCc1ccc(C(CCCC(C)C)NS(=O)(=O)c2ccc(F)cc2)cc1. The quantitative estimate of drug-likeness (QED) is 0.454. The van der Waals surface area contributed by atoms with Gasteiger partial charge >= 0.3 is 5.97 Å². The summed E-state index contributed by atoms with van der Waals surface area (Å²) in [4.78, 5) is 11.3. The van der Waals surface area contributed by atoms with Gasteiger partial charge in [-0.25, -0.2) is 17.5 Å². The predicted molar refractivity (Wildman–Crippen MR) is 120 cm³/mol. The summed E-state index contributed by atoms with van der Waals surface area (Å²) in [5.41, 5.74) is 1.96. The first-order valence-electron chi connectivity index (χ1n) is 10.6. The minimum absolute atomic E-state index is 0.0437. The summed E-state index contributed by atoms with van der Waals surface area (Å²) < 4.78 is 46.3. The molecule has 0 aliphatic rings. The molecule has 0 fully saturated rings. The molecule has 0 heterocycles. The standard InChI is InChI=1S/C24H32FNO4S/c1-18(2)6-4-8-23(26-31(28,29)22-16-14-21(25)15-17-22)20-12-10-19(11-13-20)7-5-9-24(27)30-3/h10-18,23,26H,4-9H2,1-3H3. The van der Waals surface area contributed by atoms with Gasteiger partial charge in [-0.3, -0.25) is 4.79 Å². The van der Waals surface area contributed by atoms with Crippen LogP contribution in [0.5, 0.6) is 0 Å². The molecule has 0 radical (unpaired) electrons. The van der Waals surface area contributed by atoms with Gasteiger partial charge in [-0.2, -0.15) is 0 Å². The first-order chi connectivity index (χ1) is 14.7. The van der Waals surface area contributed by atoms with Gasteiger partial charge in [0.2, 0.25) is 10.0 Å². The number of rotatable bonds is 12. The van der Waals surface area contributed by atoms with Crippen molar-refractivity contribution < 1.29 is 22.3 Å². The number of esters is 1. The minimum Gasteiger partial charge on any atom is -0.469 e. The van der Waals surface area contributed by atoms with Gasteiger partial charge in [0.05, 0.1) is 12.0 Å². The van der Waals surface area contributed by atoms with E-state index in [1.165, 1.54) is 19.2 Å².